The van der Waals surface area contributed by atoms with Crippen molar-refractivity contribution in [2.45, 2.75) is 37.5 Å². The zero-order valence-corrected chi connectivity index (χ0v) is 17.6. The molecule has 2 aromatic rings. The fraction of sp³-hybridized carbons (Fsp3) is 0.381. The van der Waals surface area contributed by atoms with Gasteiger partial charge in [0.25, 0.3) is 5.91 Å². The van der Waals surface area contributed by atoms with E-state index in [1.54, 1.807) is 19.2 Å². The van der Waals surface area contributed by atoms with E-state index in [1.165, 1.54) is 16.4 Å². The number of hydrogen-bond donors (Lipinski definition) is 1. The van der Waals surface area contributed by atoms with Crippen molar-refractivity contribution in [3.05, 3.63) is 59.7 Å². The van der Waals surface area contributed by atoms with Gasteiger partial charge in [-0.15, -0.1) is 0 Å². The summed E-state index contributed by atoms with van der Waals surface area (Å²) >= 11 is 0. The van der Waals surface area contributed by atoms with Gasteiger partial charge in [-0.3, -0.25) is 4.79 Å². The summed E-state index contributed by atoms with van der Waals surface area (Å²) < 4.78 is 38.3. The zero-order valence-electron chi connectivity index (χ0n) is 16.8. The Labute approximate surface area is 171 Å². The van der Waals surface area contributed by atoms with Crippen LogP contribution < -0.4 is 10.1 Å². The molecular weight excluding hydrogens is 392 g/mol. The molecule has 0 aromatic heterocycles. The number of nitrogens with one attached hydrogen (secondary N) is 1. The summed E-state index contributed by atoms with van der Waals surface area (Å²) in [6, 6.07) is 13.5. The Hall–Kier alpha value is -2.42. The lowest BCUT2D eigenvalue weighted by Gasteiger charge is -2.34. The Kier molecular flexibility index (Phi) is 6.56. The first-order valence-corrected chi connectivity index (χ1v) is 10.9. The Bertz CT molecular complexity index is 967. The van der Waals surface area contributed by atoms with E-state index in [1.807, 2.05) is 38.1 Å². The highest BCUT2D eigenvalue weighted by Crippen LogP contribution is 2.22. The highest BCUT2D eigenvalue weighted by atomic mass is 32.2. The maximum absolute atomic E-state index is 13.0. The number of methoxy groups -OCH3 is 1. The standard InChI is InChI=1S/C21H26N2O5S/c1-15-13-23(14-16(2)28-15)29(25,26)20-9-5-7-18(11-20)21(24)22-12-17-6-4-8-19(10-17)27-3/h4-11,15-16H,12-14H2,1-3H3,(H,22,24). The number of benzene rings is 2. The van der Waals surface area contributed by atoms with Crippen LogP contribution >= 0.6 is 0 Å². The van der Waals surface area contributed by atoms with Crippen molar-refractivity contribution in [2.24, 2.45) is 0 Å². The first-order chi connectivity index (χ1) is 13.8. The minimum Gasteiger partial charge on any atom is -0.497 e. The molecule has 2 unspecified atom stereocenters. The van der Waals surface area contributed by atoms with Gasteiger partial charge in [-0.1, -0.05) is 18.2 Å². The smallest absolute Gasteiger partial charge is 0.251 e. The Morgan fingerprint density at radius 1 is 1.14 bits per heavy atom. The molecule has 1 aliphatic heterocycles. The normalized spacial score (nSPS) is 20.2. The number of amides is 1. The molecule has 0 radical (unpaired) electrons. The van der Waals surface area contributed by atoms with Gasteiger partial charge in [0.1, 0.15) is 5.75 Å². The van der Waals surface area contributed by atoms with Gasteiger partial charge in [0, 0.05) is 25.2 Å². The molecule has 1 aliphatic rings. The molecule has 3 rings (SSSR count). The average Bonchev–Trinajstić information content (AvgIpc) is 2.71. The van der Waals surface area contributed by atoms with Crippen LogP contribution in [0.15, 0.2) is 53.4 Å². The van der Waals surface area contributed by atoms with E-state index >= 15 is 0 Å². The van der Waals surface area contributed by atoms with E-state index in [9.17, 15) is 13.2 Å². The van der Waals surface area contributed by atoms with Crippen molar-refractivity contribution in [1.82, 2.24) is 9.62 Å². The predicted molar refractivity (Wildman–Crippen MR) is 109 cm³/mol. The van der Waals surface area contributed by atoms with Crippen molar-refractivity contribution in [1.29, 1.82) is 0 Å². The monoisotopic (exact) mass is 418 g/mol. The second-order valence-electron chi connectivity index (χ2n) is 7.14. The van der Waals surface area contributed by atoms with E-state index < -0.39 is 10.0 Å². The zero-order chi connectivity index (χ0) is 21.0. The molecule has 156 valence electrons. The van der Waals surface area contributed by atoms with E-state index in [0.717, 1.165) is 5.56 Å². The average molecular weight is 419 g/mol. The first kappa shape index (κ1) is 21.3. The molecule has 7 nitrogen and oxygen atoms in total. The molecule has 1 N–H and O–H groups in total. The second-order valence-corrected chi connectivity index (χ2v) is 9.08. The van der Waals surface area contributed by atoms with Gasteiger partial charge < -0.3 is 14.8 Å². The lowest BCUT2D eigenvalue weighted by atomic mass is 10.2. The lowest BCUT2D eigenvalue weighted by molar-refractivity contribution is -0.0440. The summed E-state index contributed by atoms with van der Waals surface area (Å²) in [4.78, 5) is 12.7. The fourth-order valence-corrected chi connectivity index (χ4v) is 4.98. The van der Waals surface area contributed by atoms with Crippen LogP contribution in [-0.2, 0) is 21.3 Å². The molecule has 2 aromatic carbocycles. The van der Waals surface area contributed by atoms with Gasteiger partial charge in [-0.05, 0) is 49.7 Å². The van der Waals surface area contributed by atoms with E-state index in [0.29, 0.717) is 30.9 Å². The van der Waals surface area contributed by atoms with Crippen LogP contribution in [0, 0.1) is 0 Å². The first-order valence-electron chi connectivity index (χ1n) is 9.46. The molecule has 29 heavy (non-hydrogen) atoms. The van der Waals surface area contributed by atoms with Crippen LogP contribution in [0.3, 0.4) is 0 Å². The third-order valence-corrected chi connectivity index (χ3v) is 6.53. The summed E-state index contributed by atoms with van der Waals surface area (Å²) in [5, 5.41) is 2.82. The van der Waals surface area contributed by atoms with Crippen LogP contribution in [0.5, 0.6) is 5.75 Å². The molecule has 1 heterocycles. The van der Waals surface area contributed by atoms with Crippen molar-refractivity contribution in [3.63, 3.8) is 0 Å². The number of ether oxygens (including phenoxy) is 2. The number of nitrogens with zero attached hydrogens (tertiary/aromatic N) is 1. The van der Waals surface area contributed by atoms with E-state index in [2.05, 4.69) is 5.32 Å². The molecule has 0 bridgehead atoms. The molecule has 1 fully saturated rings. The van der Waals surface area contributed by atoms with Gasteiger partial charge in [-0.2, -0.15) is 4.31 Å². The van der Waals surface area contributed by atoms with Crippen LogP contribution in [-0.4, -0.2) is 51.0 Å². The minimum atomic E-state index is -3.70. The van der Waals surface area contributed by atoms with E-state index in [4.69, 9.17) is 9.47 Å². The number of sulfonamides is 1. The van der Waals surface area contributed by atoms with Crippen molar-refractivity contribution in [2.75, 3.05) is 20.2 Å². The molecule has 8 heteroatoms. The number of hydrogen-bond acceptors (Lipinski definition) is 5. The minimum absolute atomic E-state index is 0.104. The van der Waals surface area contributed by atoms with Crippen LogP contribution in [0.2, 0.25) is 0 Å². The Morgan fingerprint density at radius 2 is 1.83 bits per heavy atom. The molecular formula is C21H26N2O5S. The summed E-state index contributed by atoms with van der Waals surface area (Å²) in [6.07, 6.45) is -0.356. The largest absolute Gasteiger partial charge is 0.497 e. The Balaban J connectivity index is 1.73. The number of carbonyl (C=O) groups is 1. The number of carbonyl (C=O) groups excluding carboxylic acids is 1. The van der Waals surface area contributed by atoms with Crippen LogP contribution in [0.1, 0.15) is 29.8 Å². The summed E-state index contributed by atoms with van der Waals surface area (Å²) in [6.45, 7) is 4.59. The maximum Gasteiger partial charge on any atom is 0.251 e. The third kappa shape index (κ3) is 5.14. The topological polar surface area (TPSA) is 84.9 Å². The van der Waals surface area contributed by atoms with Gasteiger partial charge in [0.05, 0.1) is 24.2 Å². The predicted octanol–water partition coefficient (Wildman–Crippen LogP) is 2.42. The SMILES string of the molecule is COc1cccc(CNC(=O)c2cccc(S(=O)(=O)N3CC(C)OC(C)C3)c2)c1. The molecule has 2 atom stereocenters. The second kappa shape index (κ2) is 8.94. The lowest BCUT2D eigenvalue weighted by Crippen LogP contribution is -2.48. The van der Waals surface area contributed by atoms with Gasteiger partial charge in [0.15, 0.2) is 0 Å². The molecule has 0 saturated carbocycles. The molecule has 1 saturated heterocycles. The van der Waals surface area contributed by atoms with Crippen molar-refractivity contribution < 1.29 is 22.7 Å². The van der Waals surface area contributed by atoms with E-state index in [-0.39, 0.29) is 23.0 Å². The third-order valence-electron chi connectivity index (χ3n) is 4.71. The molecule has 0 spiro atoms. The maximum atomic E-state index is 13.0. The highest BCUT2D eigenvalue weighted by Gasteiger charge is 2.32. The van der Waals surface area contributed by atoms with Crippen LogP contribution in [0.4, 0.5) is 0 Å². The van der Waals surface area contributed by atoms with Crippen LogP contribution in [0.25, 0.3) is 0 Å². The number of rotatable bonds is 6. The number of morpholine rings is 1. The Morgan fingerprint density at radius 3 is 2.52 bits per heavy atom. The van der Waals surface area contributed by atoms with Crippen molar-refractivity contribution >= 4 is 15.9 Å². The summed E-state index contributed by atoms with van der Waals surface area (Å²) in [5.74, 6) is 0.368. The highest BCUT2D eigenvalue weighted by molar-refractivity contribution is 7.89. The van der Waals surface area contributed by atoms with Gasteiger partial charge in [0.2, 0.25) is 10.0 Å². The summed E-state index contributed by atoms with van der Waals surface area (Å²) in [7, 11) is -2.12. The van der Waals surface area contributed by atoms with Crippen molar-refractivity contribution in [3.8, 4) is 5.75 Å². The quantitative estimate of drug-likeness (QED) is 0.779. The fourth-order valence-electron chi connectivity index (χ4n) is 3.34. The molecule has 1 amide bonds. The van der Waals surface area contributed by atoms with Gasteiger partial charge in [-0.25, -0.2) is 8.42 Å². The summed E-state index contributed by atoms with van der Waals surface area (Å²) in [5.41, 5.74) is 1.18. The molecule has 0 aliphatic carbocycles. The van der Waals surface area contributed by atoms with Gasteiger partial charge >= 0.3 is 0 Å².